The summed E-state index contributed by atoms with van der Waals surface area (Å²) in [5.41, 5.74) is 3.38. The van der Waals surface area contributed by atoms with Crippen LogP contribution in [0.15, 0.2) is 59.7 Å². The lowest BCUT2D eigenvalue weighted by molar-refractivity contribution is -0.145. The monoisotopic (exact) mass is 365 g/mol. The van der Waals surface area contributed by atoms with Gasteiger partial charge in [-0.3, -0.25) is 9.59 Å². The Hall–Kier alpha value is -3.48. The highest BCUT2D eigenvalue weighted by Gasteiger charge is 2.23. The summed E-state index contributed by atoms with van der Waals surface area (Å²) in [6, 6.07) is 15.3. The summed E-state index contributed by atoms with van der Waals surface area (Å²) in [5.74, 6) is -1.35. The lowest BCUT2D eigenvalue weighted by atomic mass is 10.2. The van der Waals surface area contributed by atoms with Crippen LogP contribution in [-0.2, 0) is 9.59 Å². The highest BCUT2D eigenvalue weighted by molar-refractivity contribution is 6.35. The molecule has 7 heteroatoms. The van der Waals surface area contributed by atoms with E-state index in [0.717, 1.165) is 12.8 Å². The van der Waals surface area contributed by atoms with Gasteiger partial charge in [-0.15, -0.1) is 0 Å². The maximum absolute atomic E-state index is 12.0. The van der Waals surface area contributed by atoms with Gasteiger partial charge in [-0.2, -0.15) is 5.10 Å². The van der Waals surface area contributed by atoms with Crippen LogP contribution in [0.25, 0.3) is 0 Å². The van der Waals surface area contributed by atoms with E-state index < -0.39 is 17.8 Å². The van der Waals surface area contributed by atoms with E-state index in [0.29, 0.717) is 30.0 Å². The van der Waals surface area contributed by atoms with Crippen LogP contribution in [0.3, 0.4) is 0 Å². The molecule has 1 aliphatic rings. The Morgan fingerprint density at radius 1 is 0.963 bits per heavy atom. The van der Waals surface area contributed by atoms with Crippen molar-refractivity contribution in [1.29, 1.82) is 0 Å². The molecule has 138 valence electrons. The van der Waals surface area contributed by atoms with Gasteiger partial charge in [0.25, 0.3) is 0 Å². The smallest absolute Gasteiger partial charge is 0.343 e. The number of carbonyl (C=O) groups is 3. The Kier molecular flexibility index (Phi) is 5.94. The maximum atomic E-state index is 12.0. The molecule has 1 heterocycles. The zero-order valence-electron chi connectivity index (χ0n) is 14.6. The molecule has 2 aromatic carbocycles. The van der Waals surface area contributed by atoms with E-state index in [9.17, 15) is 14.4 Å². The molecule has 27 heavy (non-hydrogen) atoms. The molecule has 0 bridgehead atoms. The molecule has 0 spiro atoms. The van der Waals surface area contributed by atoms with Crippen LogP contribution in [0.1, 0.15) is 28.8 Å². The standard InChI is InChI=1S/C20H19N3O4/c24-18(19(25)23-12-4-5-13-23)22-21-14-15-8-10-17(11-9-15)27-20(26)16-6-2-1-3-7-16/h1-3,6-11,14H,4-5,12-13H2,(H,22,24)/b21-14+. The van der Waals surface area contributed by atoms with Crippen LogP contribution < -0.4 is 10.2 Å². The van der Waals surface area contributed by atoms with Gasteiger partial charge in [0.2, 0.25) is 0 Å². The fourth-order valence-corrected chi connectivity index (χ4v) is 2.64. The summed E-state index contributed by atoms with van der Waals surface area (Å²) in [4.78, 5) is 37.1. The molecule has 2 amide bonds. The minimum absolute atomic E-state index is 0.397. The van der Waals surface area contributed by atoms with E-state index in [1.54, 1.807) is 48.5 Å². The molecule has 3 rings (SSSR count). The van der Waals surface area contributed by atoms with Crippen molar-refractivity contribution in [1.82, 2.24) is 10.3 Å². The van der Waals surface area contributed by atoms with Crippen LogP contribution in [0, 0.1) is 0 Å². The van der Waals surface area contributed by atoms with Crippen LogP contribution in [0.2, 0.25) is 0 Å². The normalized spacial score (nSPS) is 13.6. The Morgan fingerprint density at radius 3 is 2.30 bits per heavy atom. The van der Waals surface area contributed by atoms with Crippen molar-refractivity contribution in [3.05, 3.63) is 65.7 Å². The van der Waals surface area contributed by atoms with Gasteiger partial charge in [0, 0.05) is 13.1 Å². The molecule has 0 aliphatic carbocycles. The maximum Gasteiger partial charge on any atom is 0.343 e. The number of amides is 2. The topological polar surface area (TPSA) is 88.1 Å². The van der Waals surface area contributed by atoms with Crippen molar-refractivity contribution < 1.29 is 19.1 Å². The minimum Gasteiger partial charge on any atom is -0.423 e. The molecule has 0 unspecified atom stereocenters. The molecular formula is C20H19N3O4. The third kappa shape index (κ3) is 5.01. The van der Waals surface area contributed by atoms with Crippen LogP contribution >= 0.6 is 0 Å². The molecule has 1 saturated heterocycles. The molecule has 0 radical (unpaired) electrons. The van der Waals surface area contributed by atoms with Gasteiger partial charge in [0.15, 0.2) is 0 Å². The second kappa shape index (κ2) is 8.75. The first kappa shape index (κ1) is 18.3. The zero-order valence-corrected chi connectivity index (χ0v) is 14.6. The molecule has 2 aromatic rings. The number of likely N-dealkylation sites (tertiary alicyclic amines) is 1. The lowest BCUT2D eigenvalue weighted by Gasteiger charge is -2.12. The number of ether oxygens (including phenoxy) is 1. The first-order valence-corrected chi connectivity index (χ1v) is 8.63. The number of esters is 1. The van der Waals surface area contributed by atoms with Crippen molar-refractivity contribution in [2.24, 2.45) is 5.10 Å². The van der Waals surface area contributed by atoms with Crippen molar-refractivity contribution >= 4 is 24.0 Å². The summed E-state index contributed by atoms with van der Waals surface area (Å²) in [5, 5.41) is 3.79. The quantitative estimate of drug-likeness (QED) is 0.295. The van der Waals surface area contributed by atoms with E-state index in [2.05, 4.69) is 10.5 Å². The van der Waals surface area contributed by atoms with Gasteiger partial charge < -0.3 is 9.64 Å². The largest absolute Gasteiger partial charge is 0.423 e. The Morgan fingerprint density at radius 2 is 1.63 bits per heavy atom. The number of benzene rings is 2. The average molecular weight is 365 g/mol. The van der Waals surface area contributed by atoms with Crippen LogP contribution in [0.4, 0.5) is 0 Å². The van der Waals surface area contributed by atoms with Gasteiger partial charge in [-0.25, -0.2) is 10.2 Å². The van der Waals surface area contributed by atoms with E-state index >= 15 is 0 Å². The molecular weight excluding hydrogens is 346 g/mol. The zero-order chi connectivity index (χ0) is 19.1. The van der Waals surface area contributed by atoms with E-state index in [1.165, 1.54) is 11.1 Å². The Labute approximate surface area is 156 Å². The first-order chi connectivity index (χ1) is 13.1. The second-order valence-corrected chi connectivity index (χ2v) is 6.02. The molecule has 0 aromatic heterocycles. The van der Waals surface area contributed by atoms with E-state index in [1.807, 2.05) is 6.07 Å². The average Bonchev–Trinajstić information content (AvgIpc) is 3.24. The second-order valence-electron chi connectivity index (χ2n) is 6.02. The number of hydrazone groups is 1. The summed E-state index contributed by atoms with van der Waals surface area (Å²) in [6.45, 7) is 1.22. The van der Waals surface area contributed by atoms with Crippen LogP contribution in [-0.4, -0.2) is 42.0 Å². The van der Waals surface area contributed by atoms with Gasteiger partial charge in [-0.1, -0.05) is 18.2 Å². The number of hydrogen-bond acceptors (Lipinski definition) is 5. The molecule has 1 aliphatic heterocycles. The predicted molar refractivity (Wildman–Crippen MR) is 99.4 cm³/mol. The van der Waals surface area contributed by atoms with Crippen LogP contribution in [0.5, 0.6) is 5.75 Å². The molecule has 0 atom stereocenters. The number of rotatable bonds is 4. The number of nitrogens with zero attached hydrogens (tertiary/aromatic N) is 2. The fourth-order valence-electron chi connectivity index (χ4n) is 2.64. The molecule has 1 N–H and O–H groups in total. The summed E-state index contributed by atoms with van der Waals surface area (Å²) < 4.78 is 5.28. The van der Waals surface area contributed by atoms with Crippen molar-refractivity contribution in [3.63, 3.8) is 0 Å². The Bertz CT molecular complexity index is 841. The van der Waals surface area contributed by atoms with Crippen molar-refractivity contribution in [2.75, 3.05) is 13.1 Å². The highest BCUT2D eigenvalue weighted by atomic mass is 16.5. The number of nitrogens with one attached hydrogen (secondary N) is 1. The van der Waals surface area contributed by atoms with E-state index in [-0.39, 0.29) is 0 Å². The third-order valence-electron chi connectivity index (χ3n) is 4.07. The third-order valence-corrected chi connectivity index (χ3v) is 4.07. The first-order valence-electron chi connectivity index (χ1n) is 8.63. The van der Waals surface area contributed by atoms with Gasteiger partial charge in [0.05, 0.1) is 11.8 Å². The number of hydrogen-bond donors (Lipinski definition) is 1. The van der Waals surface area contributed by atoms with E-state index in [4.69, 9.17) is 4.74 Å². The molecule has 0 saturated carbocycles. The SMILES string of the molecule is O=C(N/N=C/c1ccc(OC(=O)c2ccccc2)cc1)C(=O)N1CCCC1. The lowest BCUT2D eigenvalue weighted by Crippen LogP contribution is -2.39. The predicted octanol–water partition coefficient (Wildman–Crippen LogP) is 1.98. The van der Waals surface area contributed by atoms with Crippen molar-refractivity contribution in [2.45, 2.75) is 12.8 Å². The fraction of sp³-hybridized carbons (Fsp3) is 0.200. The summed E-state index contributed by atoms with van der Waals surface area (Å²) in [7, 11) is 0. The Balaban J connectivity index is 1.51. The minimum atomic E-state index is -0.749. The van der Waals surface area contributed by atoms with Crippen molar-refractivity contribution in [3.8, 4) is 5.75 Å². The number of carbonyl (C=O) groups excluding carboxylic acids is 3. The van der Waals surface area contributed by atoms with Gasteiger partial charge in [-0.05, 0) is 54.8 Å². The molecule has 7 nitrogen and oxygen atoms in total. The van der Waals surface area contributed by atoms with Gasteiger partial charge >= 0.3 is 17.8 Å². The summed E-state index contributed by atoms with van der Waals surface area (Å²) in [6.07, 6.45) is 3.25. The molecule has 1 fully saturated rings. The highest BCUT2D eigenvalue weighted by Crippen LogP contribution is 2.13. The van der Waals surface area contributed by atoms with Gasteiger partial charge in [0.1, 0.15) is 5.75 Å². The summed E-state index contributed by atoms with van der Waals surface area (Å²) >= 11 is 0.